The predicted molar refractivity (Wildman–Crippen MR) is 84.5 cm³/mol. The van der Waals surface area contributed by atoms with Crippen molar-refractivity contribution in [2.75, 3.05) is 0 Å². The minimum absolute atomic E-state index is 0.0583. The predicted octanol–water partition coefficient (Wildman–Crippen LogP) is 2.81. The molecule has 0 atom stereocenters. The van der Waals surface area contributed by atoms with Gasteiger partial charge >= 0.3 is 5.76 Å². The molecule has 0 aliphatic rings. The second-order valence-electron chi connectivity index (χ2n) is 4.88. The Bertz CT molecular complexity index is 1070. The third kappa shape index (κ3) is 2.51. The maximum absolute atomic E-state index is 12.5. The van der Waals surface area contributed by atoms with E-state index < -0.39 is 16.2 Å². The first-order valence-corrected chi connectivity index (χ1v) is 6.87. The molecule has 3 rings (SSSR count). The highest BCUT2D eigenvalue weighted by Gasteiger charge is 2.16. The number of aromatic nitrogens is 1. The molecule has 23 heavy (non-hydrogen) atoms. The lowest BCUT2D eigenvalue weighted by Gasteiger charge is -2.06. The van der Waals surface area contributed by atoms with E-state index in [1.54, 1.807) is 6.92 Å². The Labute approximate surface area is 133 Å². The number of nitro benzene ring substituents is 1. The Morgan fingerprint density at radius 2 is 1.91 bits per heavy atom. The van der Waals surface area contributed by atoms with Crippen molar-refractivity contribution in [3.8, 4) is 5.69 Å². The van der Waals surface area contributed by atoms with E-state index in [1.165, 1.54) is 30.3 Å². The van der Waals surface area contributed by atoms with Gasteiger partial charge in [-0.2, -0.15) is 0 Å². The molecule has 8 heteroatoms. The summed E-state index contributed by atoms with van der Waals surface area (Å²) < 4.78 is 5.83. The molecule has 7 nitrogen and oxygen atoms in total. The molecule has 0 saturated carbocycles. The van der Waals surface area contributed by atoms with E-state index in [4.69, 9.17) is 16.0 Å². The van der Waals surface area contributed by atoms with Gasteiger partial charge < -0.3 is 4.42 Å². The van der Waals surface area contributed by atoms with Crippen molar-refractivity contribution in [1.82, 2.24) is 4.57 Å². The molecular weight excluding hydrogens is 324 g/mol. The van der Waals surface area contributed by atoms with E-state index >= 15 is 0 Å². The molecule has 0 radical (unpaired) electrons. The highest BCUT2D eigenvalue weighted by atomic mass is 35.5. The van der Waals surface area contributed by atoms with Crippen LogP contribution in [0.25, 0.3) is 16.7 Å². The molecule has 1 heterocycles. The lowest BCUT2D eigenvalue weighted by molar-refractivity contribution is -0.385. The third-order valence-electron chi connectivity index (χ3n) is 3.40. The molecule has 0 aliphatic carbocycles. The fourth-order valence-electron chi connectivity index (χ4n) is 2.26. The van der Waals surface area contributed by atoms with Crippen LogP contribution in [0.4, 0.5) is 5.69 Å². The van der Waals surface area contributed by atoms with Crippen molar-refractivity contribution in [2.24, 2.45) is 0 Å². The first kappa shape index (κ1) is 15.0. The van der Waals surface area contributed by atoms with Gasteiger partial charge in [0.1, 0.15) is 5.58 Å². The third-order valence-corrected chi connectivity index (χ3v) is 3.64. The summed E-state index contributed by atoms with van der Waals surface area (Å²) in [4.78, 5) is 35.1. The van der Waals surface area contributed by atoms with Crippen LogP contribution in [0.3, 0.4) is 0 Å². The van der Waals surface area contributed by atoms with E-state index in [0.717, 1.165) is 10.6 Å². The van der Waals surface area contributed by atoms with Crippen molar-refractivity contribution < 1.29 is 9.34 Å². The zero-order valence-electron chi connectivity index (χ0n) is 11.8. The Morgan fingerprint density at radius 3 is 2.61 bits per heavy atom. The van der Waals surface area contributed by atoms with Gasteiger partial charge in [0, 0.05) is 16.7 Å². The van der Waals surface area contributed by atoms with Crippen molar-refractivity contribution >= 4 is 28.3 Å². The number of hydrogen-bond donors (Lipinski definition) is 0. The Balaban J connectivity index is 2.37. The van der Waals surface area contributed by atoms with Crippen LogP contribution in [-0.2, 0) is 0 Å². The average molecular weight is 333 g/mol. The quantitative estimate of drug-likeness (QED) is 0.531. The van der Waals surface area contributed by atoms with E-state index in [2.05, 4.69) is 0 Å². The van der Waals surface area contributed by atoms with E-state index in [0.29, 0.717) is 10.6 Å². The zero-order chi connectivity index (χ0) is 16.7. The summed E-state index contributed by atoms with van der Waals surface area (Å²) in [6, 6.07) is 8.35. The van der Waals surface area contributed by atoms with Gasteiger partial charge in [-0.05, 0) is 31.2 Å². The van der Waals surface area contributed by atoms with Crippen LogP contribution in [0.2, 0.25) is 5.02 Å². The fraction of sp³-hybridized carbons (Fsp3) is 0.0667. The molecule has 0 aliphatic heterocycles. The Kier molecular flexibility index (Phi) is 3.49. The van der Waals surface area contributed by atoms with Crippen LogP contribution in [0, 0.1) is 17.0 Å². The molecule has 116 valence electrons. The number of hydrogen-bond acceptors (Lipinski definition) is 5. The summed E-state index contributed by atoms with van der Waals surface area (Å²) in [5, 5.41) is 11.5. The smallest absolute Gasteiger partial charge is 0.409 e. The molecular formula is C15H9ClN2O5. The maximum atomic E-state index is 12.5. The summed E-state index contributed by atoms with van der Waals surface area (Å²) in [7, 11) is 0. The SMILES string of the molecule is Cc1ccc(-n2c(=O)oc3ccc(Cl)cc3c2=O)cc1[N+](=O)[O-]. The number of rotatable bonds is 2. The lowest BCUT2D eigenvalue weighted by atomic mass is 10.2. The molecule has 2 aromatic carbocycles. The first-order valence-electron chi connectivity index (χ1n) is 6.49. The van der Waals surface area contributed by atoms with Crippen LogP contribution >= 0.6 is 11.6 Å². The monoisotopic (exact) mass is 332 g/mol. The number of nitro groups is 1. The molecule has 0 bridgehead atoms. The Morgan fingerprint density at radius 1 is 1.17 bits per heavy atom. The van der Waals surface area contributed by atoms with E-state index in [9.17, 15) is 19.7 Å². The van der Waals surface area contributed by atoms with E-state index in [1.807, 2.05) is 0 Å². The molecule has 0 saturated heterocycles. The lowest BCUT2D eigenvalue weighted by Crippen LogP contribution is -2.31. The van der Waals surface area contributed by atoms with Gasteiger partial charge in [-0.25, -0.2) is 9.36 Å². The summed E-state index contributed by atoms with van der Waals surface area (Å²) in [6.45, 7) is 1.56. The Hall–Kier alpha value is -2.93. The largest absolute Gasteiger partial charge is 0.426 e. The highest BCUT2D eigenvalue weighted by molar-refractivity contribution is 6.31. The van der Waals surface area contributed by atoms with E-state index in [-0.39, 0.29) is 22.3 Å². The number of halogens is 1. The fourth-order valence-corrected chi connectivity index (χ4v) is 2.43. The van der Waals surface area contributed by atoms with Gasteiger partial charge in [0.15, 0.2) is 0 Å². The van der Waals surface area contributed by atoms with Crippen LogP contribution in [0.15, 0.2) is 50.4 Å². The molecule has 0 amide bonds. The second-order valence-corrected chi connectivity index (χ2v) is 5.31. The van der Waals surface area contributed by atoms with Crippen molar-refractivity contribution in [2.45, 2.75) is 6.92 Å². The summed E-state index contributed by atoms with van der Waals surface area (Å²) in [5.41, 5.74) is -0.276. The molecule has 0 unspecified atom stereocenters. The van der Waals surface area contributed by atoms with Crippen molar-refractivity contribution in [3.63, 3.8) is 0 Å². The van der Waals surface area contributed by atoms with Crippen LogP contribution in [0.1, 0.15) is 5.56 Å². The van der Waals surface area contributed by atoms with Gasteiger partial charge in [-0.3, -0.25) is 14.9 Å². The first-order chi connectivity index (χ1) is 10.9. The van der Waals surface area contributed by atoms with Gasteiger partial charge in [0.05, 0.1) is 16.0 Å². The summed E-state index contributed by atoms with van der Waals surface area (Å²) in [6.07, 6.45) is 0. The highest BCUT2D eigenvalue weighted by Crippen LogP contribution is 2.21. The second kappa shape index (κ2) is 5.36. The summed E-state index contributed by atoms with van der Waals surface area (Å²) in [5.74, 6) is -0.928. The maximum Gasteiger partial charge on any atom is 0.426 e. The number of nitrogens with zero attached hydrogens (tertiary/aromatic N) is 2. The number of benzene rings is 2. The van der Waals surface area contributed by atoms with Gasteiger partial charge in [-0.15, -0.1) is 0 Å². The molecule has 0 fully saturated rings. The molecule has 0 N–H and O–H groups in total. The molecule has 3 aromatic rings. The zero-order valence-corrected chi connectivity index (χ0v) is 12.5. The topological polar surface area (TPSA) is 95.3 Å². The van der Waals surface area contributed by atoms with Crippen LogP contribution in [-0.4, -0.2) is 9.49 Å². The minimum atomic E-state index is -0.928. The van der Waals surface area contributed by atoms with Crippen LogP contribution in [0.5, 0.6) is 0 Å². The molecule has 1 aromatic heterocycles. The average Bonchev–Trinajstić information content (AvgIpc) is 2.49. The summed E-state index contributed by atoms with van der Waals surface area (Å²) >= 11 is 5.86. The number of aryl methyl sites for hydroxylation is 1. The van der Waals surface area contributed by atoms with Gasteiger partial charge in [0.2, 0.25) is 0 Å². The standard InChI is InChI=1S/C15H9ClN2O5/c1-8-2-4-10(7-12(8)18(21)22)17-14(19)11-6-9(16)3-5-13(11)23-15(17)20/h2-7H,1H3. The van der Waals surface area contributed by atoms with Crippen molar-refractivity contribution in [1.29, 1.82) is 0 Å². The van der Waals surface area contributed by atoms with Crippen LogP contribution < -0.4 is 11.3 Å². The molecule has 0 spiro atoms. The van der Waals surface area contributed by atoms with Crippen molar-refractivity contribution in [3.05, 3.63) is 78.0 Å². The van der Waals surface area contributed by atoms with Gasteiger partial charge in [0.25, 0.3) is 11.2 Å². The number of fused-ring (bicyclic) bond motifs is 1. The minimum Gasteiger partial charge on any atom is -0.409 e. The van der Waals surface area contributed by atoms with Gasteiger partial charge in [-0.1, -0.05) is 17.7 Å². The normalized spacial score (nSPS) is 10.9.